The number of rotatable bonds is 3. The zero-order valence-corrected chi connectivity index (χ0v) is 9.64. The molecule has 2 saturated heterocycles. The van der Waals surface area contributed by atoms with Gasteiger partial charge in [-0.05, 0) is 38.1 Å². The Hall–Kier alpha value is -0.810. The van der Waals surface area contributed by atoms with Gasteiger partial charge in [0.1, 0.15) is 0 Å². The van der Waals surface area contributed by atoms with Crippen LogP contribution in [-0.4, -0.2) is 48.3 Å². The van der Waals surface area contributed by atoms with Crippen molar-refractivity contribution in [3.8, 4) is 0 Å². The summed E-state index contributed by atoms with van der Waals surface area (Å²) in [5.74, 6) is 1.07. The molecule has 0 radical (unpaired) electrons. The largest absolute Gasteiger partial charge is 0.409 e. The monoisotopic (exact) mass is 227 g/mol. The third-order valence-corrected chi connectivity index (χ3v) is 3.65. The van der Waals surface area contributed by atoms with Gasteiger partial charge in [0, 0.05) is 19.8 Å². The molecule has 2 rings (SSSR count). The van der Waals surface area contributed by atoms with Gasteiger partial charge < -0.3 is 15.7 Å². The van der Waals surface area contributed by atoms with Crippen LogP contribution in [0.25, 0.3) is 0 Å². The van der Waals surface area contributed by atoms with Crippen LogP contribution in [0.15, 0.2) is 5.16 Å². The Morgan fingerprint density at radius 3 is 2.81 bits per heavy atom. The molecule has 0 aromatic rings. The van der Waals surface area contributed by atoms with E-state index in [1.54, 1.807) is 0 Å². The molecule has 16 heavy (non-hydrogen) atoms. The average Bonchev–Trinajstić information content (AvgIpc) is 2.77. The van der Waals surface area contributed by atoms with E-state index in [1.165, 1.54) is 0 Å². The fraction of sp³-hybridized carbons (Fsp3) is 0.909. The topological polar surface area (TPSA) is 71.1 Å². The van der Waals surface area contributed by atoms with E-state index >= 15 is 0 Å². The van der Waals surface area contributed by atoms with Gasteiger partial charge in [0.25, 0.3) is 0 Å². The first kappa shape index (κ1) is 11.7. The summed E-state index contributed by atoms with van der Waals surface area (Å²) in [4.78, 5) is 2.35. The zero-order chi connectivity index (χ0) is 11.4. The highest BCUT2D eigenvalue weighted by Gasteiger charge is 2.30. The van der Waals surface area contributed by atoms with Gasteiger partial charge in [0.15, 0.2) is 5.84 Å². The van der Waals surface area contributed by atoms with Gasteiger partial charge in [0.2, 0.25) is 0 Å². The first-order valence-electron chi connectivity index (χ1n) is 6.10. The van der Waals surface area contributed by atoms with Crippen LogP contribution in [0, 0.1) is 5.92 Å². The van der Waals surface area contributed by atoms with Crippen molar-refractivity contribution in [1.29, 1.82) is 0 Å². The Labute approximate surface area is 96.2 Å². The summed E-state index contributed by atoms with van der Waals surface area (Å²) < 4.78 is 5.35. The second-order valence-electron chi connectivity index (χ2n) is 4.73. The molecule has 0 aliphatic carbocycles. The van der Waals surface area contributed by atoms with Crippen molar-refractivity contribution >= 4 is 5.84 Å². The Morgan fingerprint density at radius 2 is 2.12 bits per heavy atom. The maximum atomic E-state index is 8.74. The van der Waals surface area contributed by atoms with Gasteiger partial charge in [-0.3, -0.25) is 4.90 Å². The van der Waals surface area contributed by atoms with Gasteiger partial charge >= 0.3 is 0 Å². The van der Waals surface area contributed by atoms with Crippen LogP contribution in [-0.2, 0) is 4.74 Å². The fourth-order valence-corrected chi connectivity index (χ4v) is 2.71. The molecule has 0 aromatic heterocycles. The van der Waals surface area contributed by atoms with Crippen LogP contribution < -0.4 is 5.73 Å². The van der Waals surface area contributed by atoms with E-state index in [1.807, 2.05) is 0 Å². The number of hydrogen-bond donors (Lipinski definition) is 2. The normalized spacial score (nSPS) is 29.8. The lowest BCUT2D eigenvalue weighted by atomic mass is 9.99. The third-order valence-electron chi connectivity index (χ3n) is 3.65. The summed E-state index contributed by atoms with van der Waals surface area (Å²) in [6.45, 7) is 3.89. The quantitative estimate of drug-likeness (QED) is 0.321. The Kier molecular flexibility index (Phi) is 4.01. The lowest BCUT2D eigenvalue weighted by molar-refractivity contribution is 0.0534. The summed E-state index contributed by atoms with van der Waals surface area (Å²) in [5.41, 5.74) is 5.71. The smallest absolute Gasteiger partial charge is 0.156 e. The van der Waals surface area contributed by atoms with E-state index in [-0.39, 0.29) is 6.04 Å². The van der Waals surface area contributed by atoms with Crippen molar-refractivity contribution in [2.24, 2.45) is 16.8 Å². The van der Waals surface area contributed by atoms with Gasteiger partial charge in [-0.25, -0.2) is 0 Å². The fourth-order valence-electron chi connectivity index (χ4n) is 2.71. The zero-order valence-electron chi connectivity index (χ0n) is 9.64. The van der Waals surface area contributed by atoms with Crippen LogP contribution in [0.1, 0.15) is 25.7 Å². The van der Waals surface area contributed by atoms with Gasteiger partial charge in [0.05, 0.1) is 6.04 Å². The molecule has 0 aromatic carbocycles. The number of ether oxygens (including phenoxy) is 1. The van der Waals surface area contributed by atoms with Crippen LogP contribution in [0.2, 0.25) is 0 Å². The van der Waals surface area contributed by atoms with E-state index in [0.717, 1.165) is 52.0 Å². The molecule has 92 valence electrons. The molecule has 5 nitrogen and oxygen atoms in total. The highest BCUT2D eigenvalue weighted by molar-refractivity contribution is 5.85. The maximum absolute atomic E-state index is 8.74. The van der Waals surface area contributed by atoms with Gasteiger partial charge in [-0.15, -0.1) is 0 Å². The number of nitrogens with zero attached hydrogens (tertiary/aromatic N) is 2. The van der Waals surface area contributed by atoms with Crippen molar-refractivity contribution in [3.63, 3.8) is 0 Å². The highest BCUT2D eigenvalue weighted by Crippen LogP contribution is 2.23. The minimum atomic E-state index is 0.146. The second-order valence-corrected chi connectivity index (χ2v) is 4.73. The van der Waals surface area contributed by atoms with E-state index in [0.29, 0.717) is 11.8 Å². The minimum absolute atomic E-state index is 0.146. The van der Waals surface area contributed by atoms with Crippen molar-refractivity contribution in [2.45, 2.75) is 31.7 Å². The van der Waals surface area contributed by atoms with Gasteiger partial charge in [-0.1, -0.05) is 5.16 Å². The van der Waals surface area contributed by atoms with E-state index < -0.39 is 0 Å². The summed E-state index contributed by atoms with van der Waals surface area (Å²) in [5, 5.41) is 11.9. The molecular weight excluding hydrogens is 206 g/mol. The van der Waals surface area contributed by atoms with Crippen LogP contribution in [0.3, 0.4) is 0 Å². The van der Waals surface area contributed by atoms with Crippen molar-refractivity contribution < 1.29 is 9.94 Å². The standard InChI is InChI=1S/C11H21N3O2/c12-11(13-15)10-2-1-5-14(10)8-9-3-6-16-7-4-9/h9-10,15H,1-8H2,(H2,12,13). The molecule has 2 aliphatic rings. The second kappa shape index (κ2) is 5.50. The number of hydrogen-bond acceptors (Lipinski definition) is 4. The Bertz CT molecular complexity index is 252. The Morgan fingerprint density at radius 1 is 1.38 bits per heavy atom. The third kappa shape index (κ3) is 2.65. The van der Waals surface area contributed by atoms with Crippen molar-refractivity contribution in [3.05, 3.63) is 0 Å². The molecule has 3 N–H and O–H groups in total. The first-order chi connectivity index (χ1) is 7.81. The molecule has 1 unspecified atom stereocenters. The number of likely N-dealkylation sites (tertiary alicyclic amines) is 1. The first-order valence-corrected chi connectivity index (χ1v) is 6.10. The molecule has 5 heteroatoms. The summed E-state index contributed by atoms with van der Waals surface area (Å²) in [7, 11) is 0. The van der Waals surface area contributed by atoms with Crippen molar-refractivity contribution in [1.82, 2.24) is 4.90 Å². The molecule has 0 amide bonds. The molecule has 2 heterocycles. The maximum Gasteiger partial charge on any atom is 0.156 e. The number of oxime groups is 1. The van der Waals surface area contributed by atoms with Crippen LogP contribution >= 0.6 is 0 Å². The lowest BCUT2D eigenvalue weighted by Crippen LogP contribution is -2.43. The molecular formula is C11H21N3O2. The predicted molar refractivity (Wildman–Crippen MR) is 61.5 cm³/mol. The van der Waals surface area contributed by atoms with Crippen molar-refractivity contribution in [2.75, 3.05) is 26.3 Å². The molecule has 0 spiro atoms. The molecule has 0 saturated carbocycles. The minimum Gasteiger partial charge on any atom is -0.409 e. The average molecular weight is 227 g/mol. The van der Waals surface area contributed by atoms with E-state index in [9.17, 15) is 0 Å². The molecule has 0 bridgehead atoms. The van der Waals surface area contributed by atoms with Crippen LogP contribution in [0.4, 0.5) is 0 Å². The molecule has 2 aliphatic heterocycles. The summed E-state index contributed by atoms with van der Waals surface area (Å²) >= 11 is 0. The summed E-state index contributed by atoms with van der Waals surface area (Å²) in [6, 6.07) is 0.146. The van der Waals surface area contributed by atoms with E-state index in [4.69, 9.17) is 15.7 Å². The Balaban J connectivity index is 1.87. The summed E-state index contributed by atoms with van der Waals surface area (Å²) in [6.07, 6.45) is 4.43. The van der Waals surface area contributed by atoms with Gasteiger partial charge in [-0.2, -0.15) is 0 Å². The van der Waals surface area contributed by atoms with Crippen LogP contribution in [0.5, 0.6) is 0 Å². The number of nitrogens with two attached hydrogens (primary N) is 1. The SMILES string of the molecule is NC(=NO)C1CCCN1CC1CCOCC1. The predicted octanol–water partition coefficient (Wildman–Crippen LogP) is 0.624. The highest BCUT2D eigenvalue weighted by atomic mass is 16.5. The number of amidine groups is 1. The van der Waals surface area contributed by atoms with E-state index in [2.05, 4.69) is 10.1 Å². The lowest BCUT2D eigenvalue weighted by Gasteiger charge is -2.30. The molecule has 2 fully saturated rings. The molecule has 1 atom stereocenters.